The Morgan fingerprint density at radius 1 is 1.33 bits per heavy atom. The Morgan fingerprint density at radius 2 is 1.83 bits per heavy atom. The number of hydrogen-bond donors (Lipinski definition) is 2. The molecule has 7 nitrogen and oxygen atoms in total. The molecule has 0 aliphatic rings. The summed E-state index contributed by atoms with van der Waals surface area (Å²) in [7, 11) is -3.41. The first-order valence-electron chi connectivity index (χ1n) is 2.18. The number of hydrogen-bond acceptors (Lipinski definition) is 7. The van der Waals surface area contributed by atoms with E-state index in [9.17, 15) is 14.2 Å². The Balaban J connectivity index is -0.000000500. The zero-order chi connectivity index (χ0) is 8.85. The van der Waals surface area contributed by atoms with Gasteiger partial charge in [-0.2, -0.15) is 0 Å². The molecule has 0 unspecified atom stereocenters. The third-order valence-corrected chi connectivity index (χ3v) is 0.740. The fourth-order valence-electron chi connectivity index (χ4n) is 0.215. The Labute approximate surface area is 82.2 Å². The summed E-state index contributed by atoms with van der Waals surface area (Å²) in [6.45, 7) is 0. The van der Waals surface area contributed by atoms with E-state index in [1.54, 1.807) is 0 Å². The normalized spacial score (nSPS) is 8.17. The van der Waals surface area contributed by atoms with Crippen LogP contribution in [0.5, 0.6) is 0 Å². The van der Waals surface area contributed by atoms with Gasteiger partial charge in [-0.25, -0.2) is 14.2 Å². The van der Waals surface area contributed by atoms with Crippen molar-refractivity contribution >= 4 is 27.9 Å². The summed E-state index contributed by atoms with van der Waals surface area (Å²) >= 11 is 0. The molecule has 0 saturated heterocycles. The molecule has 62 valence electrons. The average Bonchev–Trinajstić information content (AvgIpc) is 1.86. The van der Waals surface area contributed by atoms with Gasteiger partial charge in [0.1, 0.15) is 0 Å². The van der Waals surface area contributed by atoms with E-state index in [0.29, 0.717) is 0 Å². The minimum Gasteiger partial charge on any atom is -1.00 e. The van der Waals surface area contributed by atoms with Crippen molar-refractivity contribution in [2.45, 2.75) is 0 Å². The van der Waals surface area contributed by atoms with Crippen LogP contribution in [-0.2, 0) is 23.3 Å². The standard InChI is InChI=1S/C2H2BO7P.Li.H/c4-1(9-3(6)7)2(5)10-11-8;;/h6-7H;;/q;+1;-1. The molecule has 0 heterocycles. The van der Waals surface area contributed by atoms with E-state index in [4.69, 9.17) is 10.0 Å². The third-order valence-electron chi connectivity index (χ3n) is 0.499. The van der Waals surface area contributed by atoms with Crippen LogP contribution in [0.4, 0.5) is 0 Å². The van der Waals surface area contributed by atoms with E-state index >= 15 is 0 Å². The monoisotopic (exact) mass is 188 g/mol. The smallest absolute Gasteiger partial charge is 1.00 e. The molecule has 0 atom stereocenters. The van der Waals surface area contributed by atoms with E-state index in [2.05, 4.69) is 9.18 Å². The van der Waals surface area contributed by atoms with Gasteiger partial charge in [0.25, 0.3) is 0 Å². The zero-order valence-electron chi connectivity index (χ0n) is 6.96. The van der Waals surface area contributed by atoms with Crippen LogP contribution >= 0.6 is 8.69 Å². The van der Waals surface area contributed by atoms with Crippen molar-refractivity contribution in [3.05, 3.63) is 0 Å². The fourth-order valence-corrected chi connectivity index (χ4v) is 0.357. The van der Waals surface area contributed by atoms with Crippen molar-refractivity contribution in [2.24, 2.45) is 0 Å². The van der Waals surface area contributed by atoms with Crippen molar-refractivity contribution in [1.29, 1.82) is 0 Å². The molecular formula is C2H3BLiO7P. The van der Waals surface area contributed by atoms with E-state index in [0.717, 1.165) is 0 Å². The number of rotatable bonds is 2. The Hall–Kier alpha value is -0.378. The van der Waals surface area contributed by atoms with E-state index in [-0.39, 0.29) is 20.3 Å². The van der Waals surface area contributed by atoms with Gasteiger partial charge in [-0.15, -0.1) is 0 Å². The molecule has 10 heteroatoms. The molecule has 0 saturated carbocycles. The van der Waals surface area contributed by atoms with Gasteiger partial charge in [0.15, 0.2) is 0 Å². The minimum absolute atomic E-state index is 0. The second-order valence-electron chi connectivity index (χ2n) is 1.18. The van der Waals surface area contributed by atoms with Crippen molar-refractivity contribution < 1.29 is 53.7 Å². The van der Waals surface area contributed by atoms with E-state index in [1.165, 1.54) is 0 Å². The summed E-state index contributed by atoms with van der Waals surface area (Å²) in [5, 5.41) is 15.9. The van der Waals surface area contributed by atoms with Gasteiger partial charge in [-0.1, -0.05) is 0 Å². The summed E-state index contributed by atoms with van der Waals surface area (Å²) in [5.74, 6) is -3.21. The minimum atomic E-state index is -2.39. The molecule has 0 amide bonds. The molecule has 0 aromatic rings. The van der Waals surface area contributed by atoms with Crippen molar-refractivity contribution in [3.63, 3.8) is 0 Å². The first kappa shape index (κ1) is 14.2. The van der Waals surface area contributed by atoms with Crippen molar-refractivity contribution in [1.82, 2.24) is 0 Å². The molecule has 12 heavy (non-hydrogen) atoms. The van der Waals surface area contributed by atoms with Crippen LogP contribution in [0.1, 0.15) is 1.43 Å². The van der Waals surface area contributed by atoms with Gasteiger partial charge in [0.05, 0.1) is 0 Å². The Morgan fingerprint density at radius 3 is 2.17 bits per heavy atom. The average molecular weight is 188 g/mol. The first-order chi connectivity index (χ1) is 5.07. The molecule has 2 N–H and O–H groups in total. The molecule has 0 aromatic heterocycles. The molecule has 0 bridgehead atoms. The molecule has 0 aromatic carbocycles. The molecule has 0 aliphatic carbocycles. The number of carbonyl (C=O) groups is 2. The maximum atomic E-state index is 10.2. The van der Waals surface area contributed by atoms with Gasteiger partial charge in [-0.05, 0) is 0 Å². The third kappa shape index (κ3) is 6.34. The summed E-state index contributed by atoms with van der Waals surface area (Å²) in [5.41, 5.74) is 0. The van der Waals surface area contributed by atoms with Crippen LogP contribution in [0.2, 0.25) is 0 Å². The van der Waals surface area contributed by atoms with Gasteiger partial charge in [0, 0.05) is 0 Å². The van der Waals surface area contributed by atoms with Gasteiger partial charge in [0.2, 0.25) is 0 Å². The molecule has 0 radical (unpaired) electrons. The predicted octanol–water partition coefficient (Wildman–Crippen LogP) is -4.63. The zero-order valence-corrected chi connectivity index (χ0v) is 6.85. The van der Waals surface area contributed by atoms with E-state index in [1.807, 2.05) is 0 Å². The Bertz CT molecular complexity index is 187. The quantitative estimate of drug-likeness (QED) is 0.254. The van der Waals surface area contributed by atoms with Crippen LogP contribution in [-0.4, -0.2) is 29.3 Å². The van der Waals surface area contributed by atoms with Crippen LogP contribution < -0.4 is 18.9 Å². The summed E-state index contributed by atoms with van der Waals surface area (Å²) in [6.07, 6.45) is 0. The topological polar surface area (TPSA) is 110 Å². The first-order valence-corrected chi connectivity index (χ1v) is 2.91. The summed E-state index contributed by atoms with van der Waals surface area (Å²) < 4.78 is 16.6. The Kier molecular flexibility index (Phi) is 8.59. The van der Waals surface area contributed by atoms with Gasteiger partial charge >= 0.3 is 46.8 Å². The van der Waals surface area contributed by atoms with Crippen LogP contribution in [0.15, 0.2) is 0 Å². The second kappa shape index (κ2) is 7.28. The summed E-state index contributed by atoms with van der Waals surface area (Å²) in [4.78, 5) is 20.3. The van der Waals surface area contributed by atoms with Crippen LogP contribution in [0.3, 0.4) is 0 Å². The second-order valence-corrected chi connectivity index (χ2v) is 1.52. The maximum Gasteiger partial charge on any atom is 1.00 e. The maximum absolute atomic E-state index is 10.2. The predicted molar refractivity (Wildman–Crippen MR) is 31.1 cm³/mol. The van der Waals surface area contributed by atoms with Crippen LogP contribution in [0, 0.1) is 0 Å². The molecule has 0 spiro atoms. The molecule has 0 rings (SSSR count). The molecule has 0 aliphatic heterocycles. The van der Waals surface area contributed by atoms with Gasteiger partial charge in [-0.3, -0.25) is 0 Å². The van der Waals surface area contributed by atoms with E-state index < -0.39 is 27.9 Å². The van der Waals surface area contributed by atoms with Crippen LogP contribution in [0.25, 0.3) is 0 Å². The van der Waals surface area contributed by atoms with Crippen molar-refractivity contribution in [3.8, 4) is 0 Å². The fraction of sp³-hybridized carbons (Fsp3) is 0. The molecular weight excluding hydrogens is 185 g/mol. The van der Waals surface area contributed by atoms with Gasteiger partial charge < -0.3 is 20.7 Å². The largest absolute Gasteiger partial charge is 1.00 e. The molecule has 0 fully saturated rings. The number of carbonyl (C=O) groups excluding carboxylic acids is 2. The SMILES string of the molecule is O=POC(=O)C(=O)OB(O)O.[H-].[Li+]. The van der Waals surface area contributed by atoms with Crippen molar-refractivity contribution in [2.75, 3.05) is 0 Å². The summed E-state index contributed by atoms with van der Waals surface area (Å²) in [6, 6.07) is 0.